The number of unbranched alkanes of at least 4 members (excludes halogenated alkanes) is 3. The largest absolute Gasteiger partial charge is 0.477 e. The fourth-order valence-corrected chi connectivity index (χ4v) is 3.35. The van der Waals surface area contributed by atoms with Crippen LogP contribution in [0.2, 0.25) is 0 Å². The van der Waals surface area contributed by atoms with E-state index in [9.17, 15) is 4.39 Å². The maximum Gasteiger partial charge on any atom is 0.221 e. The zero-order valence-corrected chi connectivity index (χ0v) is 18.5. The van der Waals surface area contributed by atoms with Crippen LogP contribution in [0, 0.1) is 12.9 Å². The SMILES string of the molecule is CCCCOC[C@H]1O[C@@H](c2cc(C)c(OCCCC)nc2F)C[C@H]1OCCCC. The molecule has 0 saturated carbocycles. The molecule has 1 aliphatic heterocycles. The number of aromatic nitrogens is 1. The van der Waals surface area contributed by atoms with Crippen LogP contribution < -0.4 is 4.74 Å². The van der Waals surface area contributed by atoms with Gasteiger partial charge in [0.15, 0.2) is 0 Å². The lowest BCUT2D eigenvalue weighted by Crippen LogP contribution is -2.29. The molecule has 0 unspecified atom stereocenters. The molecule has 0 spiro atoms. The van der Waals surface area contributed by atoms with Gasteiger partial charge < -0.3 is 18.9 Å². The van der Waals surface area contributed by atoms with Gasteiger partial charge in [0.05, 0.1) is 25.4 Å². The van der Waals surface area contributed by atoms with E-state index in [1.165, 1.54) is 0 Å². The van der Waals surface area contributed by atoms with Gasteiger partial charge in [0, 0.05) is 30.8 Å². The van der Waals surface area contributed by atoms with Crippen molar-refractivity contribution >= 4 is 0 Å². The Bertz CT molecular complexity index is 598. The van der Waals surface area contributed by atoms with Crippen molar-refractivity contribution in [3.63, 3.8) is 0 Å². The maximum atomic E-state index is 14.8. The van der Waals surface area contributed by atoms with Crippen molar-refractivity contribution in [2.45, 2.75) is 91.0 Å². The number of pyridine rings is 1. The summed E-state index contributed by atoms with van der Waals surface area (Å²) in [5.41, 5.74) is 1.30. The molecule has 6 heteroatoms. The molecule has 1 aromatic rings. The molecule has 0 bridgehead atoms. The fourth-order valence-electron chi connectivity index (χ4n) is 3.35. The first-order valence-corrected chi connectivity index (χ1v) is 11.2. The van der Waals surface area contributed by atoms with Crippen LogP contribution in [0.3, 0.4) is 0 Å². The van der Waals surface area contributed by atoms with Crippen LogP contribution in [-0.4, -0.2) is 43.6 Å². The van der Waals surface area contributed by atoms with Gasteiger partial charge in [-0.1, -0.05) is 40.0 Å². The second-order valence-corrected chi connectivity index (χ2v) is 7.78. The molecule has 1 aromatic heterocycles. The Kier molecular flexibility index (Phi) is 10.9. The van der Waals surface area contributed by atoms with Crippen molar-refractivity contribution in [3.8, 4) is 5.88 Å². The number of rotatable bonds is 14. The van der Waals surface area contributed by atoms with Crippen LogP contribution >= 0.6 is 0 Å². The van der Waals surface area contributed by atoms with Crippen molar-refractivity contribution in [3.05, 3.63) is 23.1 Å². The van der Waals surface area contributed by atoms with Crippen molar-refractivity contribution < 1.29 is 23.3 Å². The predicted molar refractivity (Wildman–Crippen MR) is 112 cm³/mol. The van der Waals surface area contributed by atoms with Crippen molar-refractivity contribution in [2.75, 3.05) is 26.4 Å². The molecule has 0 aromatic carbocycles. The normalized spacial score (nSPS) is 21.6. The molecule has 0 N–H and O–H groups in total. The molecule has 1 fully saturated rings. The Balaban J connectivity index is 2.04. The van der Waals surface area contributed by atoms with E-state index in [0.717, 1.165) is 44.1 Å². The van der Waals surface area contributed by atoms with Crippen molar-refractivity contribution in [1.29, 1.82) is 0 Å². The summed E-state index contributed by atoms with van der Waals surface area (Å²) in [7, 11) is 0. The van der Waals surface area contributed by atoms with Gasteiger partial charge in [0.25, 0.3) is 0 Å². The van der Waals surface area contributed by atoms with Gasteiger partial charge in [-0.15, -0.1) is 0 Å². The summed E-state index contributed by atoms with van der Waals surface area (Å²) in [6.07, 6.45) is 6.10. The summed E-state index contributed by atoms with van der Waals surface area (Å²) in [4.78, 5) is 4.06. The zero-order valence-electron chi connectivity index (χ0n) is 18.5. The average molecular weight is 412 g/mol. The van der Waals surface area contributed by atoms with E-state index in [-0.39, 0.29) is 18.3 Å². The van der Waals surface area contributed by atoms with Crippen LogP contribution in [0.15, 0.2) is 6.07 Å². The Hall–Kier alpha value is -1.24. The number of halogens is 1. The van der Waals surface area contributed by atoms with Crippen molar-refractivity contribution in [1.82, 2.24) is 4.98 Å². The molecular formula is C23H38FNO4. The topological polar surface area (TPSA) is 49.8 Å². The number of hydrogen-bond donors (Lipinski definition) is 0. The van der Waals surface area contributed by atoms with Gasteiger partial charge in [-0.25, -0.2) is 0 Å². The Morgan fingerprint density at radius 3 is 2.48 bits per heavy atom. The van der Waals surface area contributed by atoms with Gasteiger partial charge in [0.1, 0.15) is 6.10 Å². The predicted octanol–water partition coefficient (Wildman–Crippen LogP) is 5.54. The molecule has 2 rings (SSSR count). The molecule has 0 radical (unpaired) electrons. The highest BCUT2D eigenvalue weighted by molar-refractivity contribution is 5.31. The van der Waals surface area contributed by atoms with Gasteiger partial charge in [0.2, 0.25) is 11.8 Å². The summed E-state index contributed by atoms with van der Waals surface area (Å²) >= 11 is 0. The summed E-state index contributed by atoms with van der Waals surface area (Å²) in [6.45, 7) is 10.7. The number of aryl methyl sites for hydroxylation is 1. The Morgan fingerprint density at radius 2 is 1.76 bits per heavy atom. The number of nitrogens with zero attached hydrogens (tertiary/aromatic N) is 1. The quantitative estimate of drug-likeness (QED) is 0.297. The average Bonchev–Trinajstić information content (AvgIpc) is 3.10. The minimum atomic E-state index is -0.521. The summed E-state index contributed by atoms with van der Waals surface area (Å²) in [6, 6.07) is 1.80. The van der Waals surface area contributed by atoms with Gasteiger partial charge >= 0.3 is 0 Å². The Morgan fingerprint density at radius 1 is 1.07 bits per heavy atom. The maximum absolute atomic E-state index is 14.8. The summed E-state index contributed by atoms with van der Waals surface area (Å²) in [5.74, 6) is -0.153. The van der Waals surface area contributed by atoms with E-state index < -0.39 is 5.95 Å². The van der Waals surface area contributed by atoms with Gasteiger partial charge in [-0.05, 0) is 32.3 Å². The first-order valence-electron chi connectivity index (χ1n) is 11.2. The highest BCUT2D eigenvalue weighted by Crippen LogP contribution is 2.37. The number of hydrogen-bond acceptors (Lipinski definition) is 5. The second-order valence-electron chi connectivity index (χ2n) is 7.78. The molecule has 3 atom stereocenters. The molecule has 1 saturated heterocycles. The monoisotopic (exact) mass is 411 g/mol. The molecule has 166 valence electrons. The smallest absolute Gasteiger partial charge is 0.221 e. The Labute approximate surface area is 175 Å². The summed E-state index contributed by atoms with van der Waals surface area (Å²) < 4.78 is 38.4. The van der Waals surface area contributed by atoms with E-state index in [0.29, 0.717) is 44.3 Å². The molecule has 0 aliphatic carbocycles. The molecule has 2 heterocycles. The highest BCUT2D eigenvalue weighted by Gasteiger charge is 2.38. The van der Waals surface area contributed by atoms with Crippen LogP contribution in [0.4, 0.5) is 4.39 Å². The molecule has 1 aliphatic rings. The molecule has 5 nitrogen and oxygen atoms in total. The third-order valence-electron chi connectivity index (χ3n) is 5.19. The number of ether oxygens (including phenoxy) is 4. The minimum Gasteiger partial charge on any atom is -0.477 e. The summed E-state index contributed by atoms with van der Waals surface area (Å²) in [5, 5.41) is 0. The van der Waals surface area contributed by atoms with Gasteiger partial charge in [-0.3, -0.25) is 0 Å². The van der Waals surface area contributed by atoms with Crippen molar-refractivity contribution in [2.24, 2.45) is 0 Å². The standard InChI is InChI=1S/C23H38FNO4/c1-5-8-11-26-16-21-20(27-12-9-6-2)15-19(29-21)18-14-17(4)23(25-22(18)24)28-13-10-7-3/h14,19-21H,5-13,15-16H2,1-4H3/t19-,20-,21-/m1/s1. The lowest BCUT2D eigenvalue weighted by Gasteiger charge is -2.19. The van der Waals surface area contributed by atoms with Gasteiger partial charge in [-0.2, -0.15) is 9.37 Å². The van der Waals surface area contributed by atoms with Crippen LogP contribution in [0.5, 0.6) is 5.88 Å². The van der Waals surface area contributed by atoms with Crippen LogP contribution in [0.1, 0.15) is 82.9 Å². The van der Waals surface area contributed by atoms with E-state index in [1.54, 1.807) is 6.07 Å². The van der Waals surface area contributed by atoms with Crippen LogP contribution in [-0.2, 0) is 14.2 Å². The zero-order chi connectivity index (χ0) is 21.1. The van der Waals surface area contributed by atoms with E-state index in [2.05, 4.69) is 25.8 Å². The lowest BCUT2D eigenvalue weighted by molar-refractivity contribution is -0.0655. The van der Waals surface area contributed by atoms with Crippen LogP contribution in [0.25, 0.3) is 0 Å². The van der Waals surface area contributed by atoms with E-state index in [4.69, 9.17) is 18.9 Å². The first-order chi connectivity index (χ1) is 14.1. The third-order valence-corrected chi connectivity index (χ3v) is 5.19. The minimum absolute atomic E-state index is 0.0895. The highest BCUT2D eigenvalue weighted by atomic mass is 19.1. The van der Waals surface area contributed by atoms with E-state index >= 15 is 0 Å². The lowest BCUT2D eigenvalue weighted by atomic mass is 10.0. The first kappa shape index (κ1) is 24.0. The molecule has 0 amide bonds. The second kappa shape index (κ2) is 13.1. The third kappa shape index (κ3) is 7.50. The molecular weight excluding hydrogens is 373 g/mol. The van der Waals surface area contributed by atoms with E-state index in [1.807, 2.05) is 6.92 Å². The molecule has 29 heavy (non-hydrogen) atoms. The fraction of sp³-hybridized carbons (Fsp3) is 0.783.